The molecule has 1 rings (SSSR count). The van der Waals surface area contributed by atoms with Crippen molar-refractivity contribution in [2.45, 2.75) is 27.2 Å². The Morgan fingerprint density at radius 3 is 2.47 bits per heavy atom. The maximum absolute atomic E-state index is 13.0. The molecule has 0 radical (unpaired) electrons. The summed E-state index contributed by atoms with van der Waals surface area (Å²) in [6.45, 7) is 6.66. The highest BCUT2D eigenvalue weighted by Gasteiger charge is 2.23. The molecule has 1 atom stereocenters. The zero-order valence-corrected chi connectivity index (χ0v) is 11.1. The Bertz CT molecular complexity index is 315. The van der Waals surface area contributed by atoms with E-state index in [2.05, 4.69) is 36.7 Å². The van der Waals surface area contributed by atoms with E-state index in [4.69, 9.17) is 0 Å². The van der Waals surface area contributed by atoms with Gasteiger partial charge in [0.15, 0.2) is 0 Å². The predicted molar refractivity (Wildman–Crippen MR) is 66.8 cm³/mol. The summed E-state index contributed by atoms with van der Waals surface area (Å²) in [7, 11) is 0. The molecule has 1 aromatic rings. The third-order valence-corrected chi connectivity index (χ3v) is 3.56. The molecule has 84 valence electrons. The van der Waals surface area contributed by atoms with Crippen LogP contribution >= 0.6 is 15.9 Å². The van der Waals surface area contributed by atoms with Crippen LogP contribution in [0.25, 0.3) is 0 Å². The van der Waals surface area contributed by atoms with Crippen LogP contribution in [0.15, 0.2) is 24.3 Å². The molecule has 1 unspecified atom stereocenters. The largest absolute Gasteiger partial charge is 0.207 e. The molecule has 0 aromatic heterocycles. The molecule has 0 nitrogen and oxygen atoms in total. The van der Waals surface area contributed by atoms with Gasteiger partial charge in [-0.25, -0.2) is 4.39 Å². The van der Waals surface area contributed by atoms with Gasteiger partial charge in [-0.1, -0.05) is 48.8 Å². The van der Waals surface area contributed by atoms with Crippen molar-refractivity contribution in [2.75, 3.05) is 5.33 Å². The zero-order valence-electron chi connectivity index (χ0n) is 9.56. The van der Waals surface area contributed by atoms with E-state index in [1.54, 1.807) is 12.1 Å². The average molecular weight is 273 g/mol. The molecule has 0 aliphatic heterocycles. The van der Waals surface area contributed by atoms with E-state index < -0.39 is 0 Å². The van der Waals surface area contributed by atoms with Crippen molar-refractivity contribution in [3.8, 4) is 0 Å². The van der Waals surface area contributed by atoms with Gasteiger partial charge in [0.2, 0.25) is 0 Å². The first kappa shape index (κ1) is 12.7. The molecule has 0 amide bonds. The molecule has 0 heterocycles. The van der Waals surface area contributed by atoms with E-state index in [0.29, 0.717) is 5.92 Å². The third kappa shape index (κ3) is 3.94. The molecule has 0 bridgehead atoms. The van der Waals surface area contributed by atoms with Crippen LogP contribution < -0.4 is 0 Å². The van der Waals surface area contributed by atoms with Gasteiger partial charge in [-0.15, -0.1) is 0 Å². The van der Waals surface area contributed by atoms with Crippen LogP contribution in [0.4, 0.5) is 4.39 Å². The number of rotatable bonds is 3. The van der Waals surface area contributed by atoms with Crippen molar-refractivity contribution < 1.29 is 4.39 Å². The number of halogens is 2. The molecule has 0 N–H and O–H groups in total. The summed E-state index contributed by atoms with van der Waals surface area (Å²) in [5, 5.41) is 0.951. The van der Waals surface area contributed by atoms with Gasteiger partial charge in [-0.2, -0.15) is 0 Å². The highest BCUT2D eigenvalue weighted by atomic mass is 79.9. The number of hydrogen-bond acceptors (Lipinski definition) is 0. The van der Waals surface area contributed by atoms with Crippen LogP contribution in [0.3, 0.4) is 0 Å². The third-order valence-electron chi connectivity index (χ3n) is 2.78. The summed E-state index contributed by atoms with van der Waals surface area (Å²) >= 11 is 3.53. The fraction of sp³-hybridized carbons (Fsp3) is 0.538. The van der Waals surface area contributed by atoms with Gasteiger partial charge >= 0.3 is 0 Å². The maximum atomic E-state index is 13.0. The van der Waals surface area contributed by atoms with E-state index in [1.807, 2.05) is 6.07 Å². The van der Waals surface area contributed by atoms with Crippen molar-refractivity contribution in [3.05, 3.63) is 35.6 Å². The van der Waals surface area contributed by atoms with Crippen LogP contribution in [0.1, 0.15) is 26.3 Å². The van der Waals surface area contributed by atoms with Gasteiger partial charge in [-0.3, -0.25) is 0 Å². The van der Waals surface area contributed by atoms with Gasteiger partial charge < -0.3 is 0 Å². The van der Waals surface area contributed by atoms with E-state index in [-0.39, 0.29) is 11.2 Å². The lowest BCUT2D eigenvalue weighted by molar-refractivity contribution is 0.266. The Balaban J connectivity index is 2.76. The number of benzene rings is 1. The standard InChI is InChI=1S/C13H18BrF/c1-13(2,3)11(9-14)7-10-5-4-6-12(15)8-10/h4-6,8,11H,7,9H2,1-3H3. The Morgan fingerprint density at radius 2 is 2.00 bits per heavy atom. The summed E-state index contributed by atoms with van der Waals surface area (Å²) < 4.78 is 13.0. The lowest BCUT2D eigenvalue weighted by atomic mass is 9.78. The highest BCUT2D eigenvalue weighted by Crippen LogP contribution is 2.30. The van der Waals surface area contributed by atoms with E-state index in [0.717, 1.165) is 17.3 Å². The molecule has 2 heteroatoms. The topological polar surface area (TPSA) is 0 Å². The first-order valence-corrected chi connectivity index (χ1v) is 6.36. The van der Waals surface area contributed by atoms with Gasteiger partial charge in [0, 0.05) is 5.33 Å². The van der Waals surface area contributed by atoms with Gasteiger partial charge in [0.1, 0.15) is 5.82 Å². The van der Waals surface area contributed by atoms with E-state index in [9.17, 15) is 4.39 Å². The molecule has 1 aromatic carbocycles. The maximum Gasteiger partial charge on any atom is 0.123 e. The van der Waals surface area contributed by atoms with Crippen LogP contribution in [-0.2, 0) is 6.42 Å². The SMILES string of the molecule is CC(C)(C)C(CBr)Cc1cccc(F)c1. The molecule has 0 saturated heterocycles. The fourth-order valence-electron chi connectivity index (χ4n) is 1.54. The summed E-state index contributed by atoms with van der Waals surface area (Å²) in [4.78, 5) is 0. The smallest absolute Gasteiger partial charge is 0.123 e. The van der Waals surface area contributed by atoms with Crippen molar-refractivity contribution in [1.82, 2.24) is 0 Å². The Kier molecular flexibility index (Phi) is 4.32. The summed E-state index contributed by atoms with van der Waals surface area (Å²) in [5.74, 6) is 0.383. The highest BCUT2D eigenvalue weighted by molar-refractivity contribution is 9.09. The number of hydrogen-bond donors (Lipinski definition) is 0. The van der Waals surface area contributed by atoms with Gasteiger partial charge in [0.05, 0.1) is 0 Å². The van der Waals surface area contributed by atoms with Crippen LogP contribution in [0, 0.1) is 17.2 Å². The lowest BCUT2D eigenvalue weighted by Crippen LogP contribution is -2.24. The minimum absolute atomic E-state index is 0.144. The summed E-state index contributed by atoms with van der Waals surface area (Å²) in [6, 6.07) is 6.88. The monoisotopic (exact) mass is 272 g/mol. The second-order valence-corrected chi connectivity index (χ2v) is 5.70. The molecule has 0 fully saturated rings. The van der Waals surface area contributed by atoms with Crippen molar-refractivity contribution in [2.24, 2.45) is 11.3 Å². The first-order chi connectivity index (χ1) is 6.93. The molecule has 15 heavy (non-hydrogen) atoms. The normalized spacial score (nSPS) is 13.9. The minimum atomic E-state index is -0.144. The van der Waals surface area contributed by atoms with Crippen LogP contribution in [0.2, 0.25) is 0 Å². The fourth-order valence-corrected chi connectivity index (χ4v) is 2.74. The van der Waals surface area contributed by atoms with Crippen molar-refractivity contribution >= 4 is 15.9 Å². The van der Waals surface area contributed by atoms with Crippen LogP contribution in [-0.4, -0.2) is 5.33 Å². The van der Waals surface area contributed by atoms with Gasteiger partial charge in [0.25, 0.3) is 0 Å². The van der Waals surface area contributed by atoms with Crippen LogP contribution in [0.5, 0.6) is 0 Å². The predicted octanol–water partition coefficient (Wildman–Crippen LogP) is 4.43. The molecule has 0 spiro atoms. The first-order valence-electron chi connectivity index (χ1n) is 5.24. The Morgan fingerprint density at radius 1 is 1.33 bits per heavy atom. The molecule has 0 aliphatic carbocycles. The Labute approximate surface area is 100 Å². The average Bonchev–Trinajstić information content (AvgIpc) is 2.12. The second-order valence-electron chi connectivity index (χ2n) is 5.05. The van der Waals surface area contributed by atoms with E-state index in [1.165, 1.54) is 6.07 Å². The molecular formula is C13H18BrF. The molecular weight excluding hydrogens is 255 g/mol. The Hall–Kier alpha value is -0.370. The second kappa shape index (κ2) is 5.11. The summed E-state index contributed by atoms with van der Waals surface area (Å²) in [6.07, 6.45) is 0.923. The zero-order chi connectivity index (χ0) is 11.5. The summed E-state index contributed by atoms with van der Waals surface area (Å²) in [5.41, 5.74) is 1.32. The number of alkyl halides is 1. The van der Waals surface area contributed by atoms with Gasteiger partial charge in [-0.05, 0) is 35.4 Å². The van der Waals surface area contributed by atoms with Crippen molar-refractivity contribution in [3.63, 3.8) is 0 Å². The molecule has 0 aliphatic rings. The molecule has 0 saturated carbocycles. The lowest BCUT2D eigenvalue weighted by Gasteiger charge is -2.29. The quantitative estimate of drug-likeness (QED) is 0.715. The van der Waals surface area contributed by atoms with E-state index >= 15 is 0 Å². The van der Waals surface area contributed by atoms with Crippen molar-refractivity contribution in [1.29, 1.82) is 0 Å². The minimum Gasteiger partial charge on any atom is -0.207 e.